The summed E-state index contributed by atoms with van der Waals surface area (Å²) < 4.78 is 0. The average molecular weight is 166 g/mol. The molecule has 1 rings (SSSR count). The van der Waals surface area contributed by atoms with Gasteiger partial charge in [0.25, 0.3) is 0 Å². The molecule has 0 saturated heterocycles. The largest absolute Gasteiger partial charge is 0.269 e. The van der Waals surface area contributed by atoms with Gasteiger partial charge >= 0.3 is 0 Å². The summed E-state index contributed by atoms with van der Waals surface area (Å²) in [5.74, 6) is 1.52. The lowest BCUT2D eigenvalue weighted by Gasteiger charge is -2.23. The van der Waals surface area contributed by atoms with Gasteiger partial charge < -0.3 is 0 Å². The van der Waals surface area contributed by atoms with Gasteiger partial charge in [-0.1, -0.05) is 27.7 Å². The van der Waals surface area contributed by atoms with Crippen molar-refractivity contribution in [2.45, 2.75) is 34.6 Å². The topological polar surface area (TPSA) is 24.7 Å². The molecule has 68 valence electrons. The summed E-state index contributed by atoms with van der Waals surface area (Å²) in [5, 5.41) is 0. The van der Waals surface area contributed by atoms with Gasteiger partial charge in [-0.2, -0.15) is 0 Å². The first-order valence-electron chi connectivity index (χ1n) is 4.51. The van der Waals surface area contributed by atoms with E-state index in [2.05, 4.69) is 44.6 Å². The van der Waals surface area contributed by atoms with Crippen LogP contribution in [0.15, 0.2) is 9.98 Å². The molecule has 1 heterocycles. The van der Waals surface area contributed by atoms with E-state index >= 15 is 0 Å². The summed E-state index contributed by atoms with van der Waals surface area (Å²) in [6.45, 7) is 11.6. The zero-order chi connectivity index (χ0) is 9.35. The molecule has 12 heavy (non-hydrogen) atoms. The molecule has 0 spiro atoms. The molecule has 0 saturated carbocycles. The normalized spacial score (nSPS) is 24.9. The predicted octanol–water partition coefficient (Wildman–Crippen LogP) is 2.54. The van der Waals surface area contributed by atoms with Crippen LogP contribution >= 0.6 is 0 Å². The molecule has 1 atom stereocenters. The van der Waals surface area contributed by atoms with E-state index in [9.17, 15) is 0 Å². The molecule has 0 bridgehead atoms. The average Bonchev–Trinajstić information content (AvgIpc) is 1.92. The monoisotopic (exact) mass is 166 g/mol. The number of hydrogen-bond donors (Lipinski definition) is 0. The van der Waals surface area contributed by atoms with Crippen LogP contribution in [0.25, 0.3) is 0 Å². The maximum atomic E-state index is 4.50. The fourth-order valence-electron chi connectivity index (χ4n) is 1.07. The van der Waals surface area contributed by atoms with Crippen LogP contribution in [0, 0.1) is 11.3 Å². The second-order valence-corrected chi connectivity index (χ2v) is 4.57. The van der Waals surface area contributed by atoms with Crippen molar-refractivity contribution in [3.63, 3.8) is 0 Å². The molecule has 0 N–H and O–H groups in total. The van der Waals surface area contributed by atoms with Crippen LogP contribution in [0.3, 0.4) is 0 Å². The van der Waals surface area contributed by atoms with Gasteiger partial charge in [-0.25, -0.2) is 4.99 Å². The molecule has 1 aliphatic rings. The first kappa shape index (κ1) is 9.43. The molecule has 0 amide bonds. The Bertz CT molecular complexity index is 231. The van der Waals surface area contributed by atoms with Crippen LogP contribution in [0.5, 0.6) is 0 Å². The van der Waals surface area contributed by atoms with Gasteiger partial charge in [0.2, 0.25) is 0 Å². The van der Waals surface area contributed by atoms with Crippen molar-refractivity contribution in [2.75, 3.05) is 6.54 Å². The Hall–Kier alpha value is -0.660. The van der Waals surface area contributed by atoms with Crippen LogP contribution in [0.2, 0.25) is 0 Å². The van der Waals surface area contributed by atoms with Crippen molar-refractivity contribution in [1.82, 2.24) is 0 Å². The summed E-state index contributed by atoms with van der Waals surface area (Å²) in [5.41, 5.74) is 1.32. The molecular weight excluding hydrogens is 148 g/mol. The Labute approximate surface area is 74.8 Å². The zero-order valence-corrected chi connectivity index (χ0v) is 8.68. The second-order valence-electron chi connectivity index (χ2n) is 4.57. The summed E-state index contributed by atoms with van der Waals surface area (Å²) in [6.07, 6.45) is 0. The quantitative estimate of drug-likeness (QED) is 0.528. The third-order valence-electron chi connectivity index (χ3n) is 2.18. The van der Waals surface area contributed by atoms with Gasteiger partial charge in [-0.15, -0.1) is 0 Å². The fraction of sp³-hybridized carbons (Fsp3) is 0.800. The molecule has 0 radical (unpaired) electrons. The first-order valence-corrected chi connectivity index (χ1v) is 4.51. The van der Waals surface area contributed by atoms with Crippen LogP contribution in [0.4, 0.5) is 0 Å². The minimum Gasteiger partial charge on any atom is -0.269 e. The van der Waals surface area contributed by atoms with Crippen molar-refractivity contribution < 1.29 is 0 Å². The SMILES string of the molecule is CC1=NC(C(C)(C)C)=NCC1C. The van der Waals surface area contributed by atoms with E-state index in [0.29, 0.717) is 5.92 Å². The lowest BCUT2D eigenvalue weighted by atomic mass is 9.93. The second kappa shape index (κ2) is 3.00. The van der Waals surface area contributed by atoms with Gasteiger partial charge in [0.1, 0.15) is 5.84 Å². The van der Waals surface area contributed by atoms with Crippen molar-refractivity contribution in [2.24, 2.45) is 21.3 Å². The maximum absolute atomic E-state index is 4.50. The zero-order valence-electron chi connectivity index (χ0n) is 8.68. The summed E-state index contributed by atoms with van der Waals surface area (Å²) >= 11 is 0. The number of aliphatic imine (C=N–C) groups is 2. The van der Waals surface area contributed by atoms with E-state index in [1.165, 1.54) is 5.71 Å². The lowest BCUT2D eigenvalue weighted by molar-refractivity contribution is 0.573. The highest BCUT2D eigenvalue weighted by atomic mass is 15.0. The highest BCUT2D eigenvalue weighted by Gasteiger charge is 2.22. The van der Waals surface area contributed by atoms with Gasteiger partial charge in [0, 0.05) is 23.6 Å². The highest BCUT2D eigenvalue weighted by Crippen LogP contribution is 2.21. The molecule has 1 aliphatic heterocycles. The Kier molecular flexibility index (Phi) is 2.36. The Balaban J connectivity index is 2.85. The molecule has 0 aromatic carbocycles. The Morgan fingerprint density at radius 3 is 2.33 bits per heavy atom. The van der Waals surface area contributed by atoms with Gasteiger partial charge in [0.15, 0.2) is 0 Å². The molecule has 0 aromatic rings. The van der Waals surface area contributed by atoms with Crippen molar-refractivity contribution in [3.05, 3.63) is 0 Å². The number of rotatable bonds is 0. The van der Waals surface area contributed by atoms with Crippen molar-refractivity contribution in [1.29, 1.82) is 0 Å². The number of amidine groups is 1. The van der Waals surface area contributed by atoms with E-state index in [4.69, 9.17) is 0 Å². The number of hydrogen-bond acceptors (Lipinski definition) is 2. The summed E-state index contributed by atoms with van der Waals surface area (Å²) in [7, 11) is 0. The Morgan fingerprint density at radius 2 is 1.92 bits per heavy atom. The standard InChI is InChI=1S/C10H18N2/c1-7-6-11-9(10(3,4)5)12-8(7)2/h7H,6H2,1-5H3. The molecule has 0 fully saturated rings. The third-order valence-corrected chi connectivity index (χ3v) is 2.18. The van der Waals surface area contributed by atoms with Crippen molar-refractivity contribution >= 4 is 11.5 Å². The minimum atomic E-state index is 0.0986. The predicted molar refractivity (Wildman–Crippen MR) is 54.0 cm³/mol. The fourth-order valence-corrected chi connectivity index (χ4v) is 1.07. The van der Waals surface area contributed by atoms with E-state index in [1.807, 2.05) is 0 Å². The van der Waals surface area contributed by atoms with E-state index in [-0.39, 0.29) is 5.41 Å². The maximum Gasteiger partial charge on any atom is 0.128 e. The highest BCUT2D eigenvalue weighted by molar-refractivity contribution is 6.01. The van der Waals surface area contributed by atoms with E-state index in [1.54, 1.807) is 0 Å². The van der Waals surface area contributed by atoms with E-state index < -0.39 is 0 Å². The summed E-state index contributed by atoms with van der Waals surface area (Å²) in [6, 6.07) is 0. The smallest absolute Gasteiger partial charge is 0.128 e. The van der Waals surface area contributed by atoms with Gasteiger partial charge in [0.05, 0.1) is 0 Å². The Morgan fingerprint density at radius 1 is 1.33 bits per heavy atom. The molecule has 0 aromatic heterocycles. The molecular formula is C10H18N2. The summed E-state index contributed by atoms with van der Waals surface area (Å²) in [4.78, 5) is 8.96. The van der Waals surface area contributed by atoms with Crippen molar-refractivity contribution in [3.8, 4) is 0 Å². The first-order chi connectivity index (χ1) is 5.41. The lowest BCUT2D eigenvalue weighted by Crippen LogP contribution is -2.27. The number of nitrogens with zero attached hydrogens (tertiary/aromatic N) is 2. The van der Waals surface area contributed by atoms with Crippen LogP contribution < -0.4 is 0 Å². The van der Waals surface area contributed by atoms with Gasteiger partial charge in [-0.3, -0.25) is 4.99 Å². The van der Waals surface area contributed by atoms with E-state index in [0.717, 1.165) is 12.4 Å². The van der Waals surface area contributed by atoms with Crippen LogP contribution in [-0.4, -0.2) is 18.1 Å². The molecule has 2 heteroatoms. The molecule has 0 aliphatic carbocycles. The molecule has 1 unspecified atom stereocenters. The van der Waals surface area contributed by atoms with Gasteiger partial charge in [-0.05, 0) is 6.92 Å². The van der Waals surface area contributed by atoms with Crippen LogP contribution in [0.1, 0.15) is 34.6 Å². The molecule has 2 nitrogen and oxygen atoms in total. The third kappa shape index (κ3) is 1.93. The van der Waals surface area contributed by atoms with Crippen LogP contribution in [-0.2, 0) is 0 Å². The minimum absolute atomic E-state index is 0.0986.